The molecule has 4 saturated heterocycles. The third kappa shape index (κ3) is 4.03. The molecule has 4 aliphatic heterocycles. The van der Waals surface area contributed by atoms with Gasteiger partial charge in [-0.15, -0.1) is 24.8 Å². The van der Waals surface area contributed by atoms with Gasteiger partial charge in [-0.05, 0) is 57.4 Å². The van der Waals surface area contributed by atoms with Crippen LogP contribution in [0.2, 0.25) is 0 Å². The summed E-state index contributed by atoms with van der Waals surface area (Å²) in [4.78, 5) is 17.9. The first kappa shape index (κ1) is 20.3. The van der Waals surface area contributed by atoms with Crippen molar-refractivity contribution in [2.45, 2.75) is 82.5 Å². The topological polar surface area (TPSA) is 35.6 Å². The van der Waals surface area contributed by atoms with Crippen molar-refractivity contribution >= 4 is 30.7 Å². The monoisotopic (exact) mass is 377 g/mol. The van der Waals surface area contributed by atoms with E-state index in [1.165, 1.54) is 51.5 Å². The fourth-order valence-electron chi connectivity index (χ4n) is 5.53. The van der Waals surface area contributed by atoms with Crippen LogP contribution in [0.3, 0.4) is 0 Å². The van der Waals surface area contributed by atoms with Crippen molar-refractivity contribution in [3.05, 3.63) is 0 Å². The molecule has 4 aliphatic rings. The van der Waals surface area contributed by atoms with Gasteiger partial charge < -0.3 is 15.1 Å². The molecule has 4 rings (SSSR count). The maximum atomic E-state index is 13.0. The molecule has 0 aromatic heterocycles. The van der Waals surface area contributed by atoms with Crippen LogP contribution >= 0.6 is 24.8 Å². The van der Waals surface area contributed by atoms with Crippen molar-refractivity contribution in [3.63, 3.8) is 0 Å². The number of hydrogen-bond acceptors (Lipinski definition) is 3. The SMILES string of the molecule is CCN1CCC2CCC(C1)N2C(=O)CC1CC2CCC(C1)N2.Cl.Cl. The highest BCUT2D eigenvalue weighted by Crippen LogP contribution is 2.35. The summed E-state index contributed by atoms with van der Waals surface area (Å²) < 4.78 is 0. The minimum Gasteiger partial charge on any atom is -0.335 e. The molecule has 0 aromatic carbocycles. The molecule has 0 aromatic rings. The minimum atomic E-state index is 0. The maximum absolute atomic E-state index is 13.0. The Morgan fingerprint density at radius 1 is 1.00 bits per heavy atom. The molecule has 4 bridgehead atoms. The number of likely N-dealkylation sites (tertiary alicyclic amines) is 1. The summed E-state index contributed by atoms with van der Waals surface area (Å²) in [5.74, 6) is 1.10. The number of halogens is 2. The number of carbonyl (C=O) groups excluding carboxylic acids is 1. The summed E-state index contributed by atoms with van der Waals surface area (Å²) >= 11 is 0. The number of nitrogens with one attached hydrogen (secondary N) is 1. The predicted molar refractivity (Wildman–Crippen MR) is 102 cm³/mol. The van der Waals surface area contributed by atoms with Crippen LogP contribution in [0, 0.1) is 5.92 Å². The number of piperidine rings is 1. The Kier molecular flexibility index (Phi) is 7.24. The van der Waals surface area contributed by atoms with Crippen LogP contribution in [0.25, 0.3) is 0 Å². The molecule has 4 nitrogen and oxygen atoms in total. The molecule has 1 amide bonds. The van der Waals surface area contributed by atoms with Crippen LogP contribution in [-0.4, -0.2) is 59.5 Å². The average Bonchev–Trinajstić information content (AvgIpc) is 2.98. The highest BCUT2D eigenvalue weighted by Gasteiger charge is 2.41. The van der Waals surface area contributed by atoms with Gasteiger partial charge in [0.2, 0.25) is 5.91 Å². The van der Waals surface area contributed by atoms with Gasteiger partial charge in [-0.1, -0.05) is 6.92 Å². The second-order valence-corrected chi connectivity index (χ2v) is 8.05. The van der Waals surface area contributed by atoms with Gasteiger partial charge in [-0.25, -0.2) is 0 Å². The molecule has 0 spiro atoms. The molecule has 4 atom stereocenters. The first-order valence-electron chi connectivity index (χ1n) is 9.52. The number of likely N-dealkylation sites (N-methyl/N-ethyl adjacent to an activating group) is 1. The molecule has 6 heteroatoms. The van der Waals surface area contributed by atoms with E-state index in [0.717, 1.165) is 19.5 Å². The average molecular weight is 378 g/mol. The van der Waals surface area contributed by atoms with E-state index in [2.05, 4.69) is 22.0 Å². The Labute approximate surface area is 158 Å². The first-order valence-corrected chi connectivity index (χ1v) is 9.52. The Bertz CT molecular complexity index is 424. The molecule has 4 unspecified atom stereocenters. The normalized spacial score (nSPS) is 38.2. The van der Waals surface area contributed by atoms with Gasteiger partial charge in [-0.2, -0.15) is 0 Å². The molecule has 24 heavy (non-hydrogen) atoms. The second-order valence-electron chi connectivity index (χ2n) is 8.05. The molecule has 4 fully saturated rings. The molecular formula is C18H33Cl2N3O. The summed E-state index contributed by atoms with van der Waals surface area (Å²) in [7, 11) is 0. The quantitative estimate of drug-likeness (QED) is 0.820. The van der Waals surface area contributed by atoms with Crippen molar-refractivity contribution in [2.24, 2.45) is 5.92 Å². The molecule has 1 N–H and O–H groups in total. The standard InChI is InChI=1S/C18H31N3O.2ClH/c1-2-20-8-7-16-5-6-17(12-20)21(16)18(22)11-13-9-14-3-4-15(10-13)19-14;;/h13-17,19H,2-12H2,1H3;2*1H. The zero-order valence-corrected chi connectivity index (χ0v) is 16.4. The van der Waals surface area contributed by atoms with Crippen LogP contribution in [0.5, 0.6) is 0 Å². The minimum absolute atomic E-state index is 0. The highest BCUT2D eigenvalue weighted by atomic mass is 35.5. The molecule has 0 aliphatic carbocycles. The van der Waals surface area contributed by atoms with E-state index in [9.17, 15) is 4.79 Å². The summed E-state index contributed by atoms with van der Waals surface area (Å²) in [5, 5.41) is 3.69. The van der Waals surface area contributed by atoms with E-state index < -0.39 is 0 Å². The lowest BCUT2D eigenvalue weighted by Gasteiger charge is -2.33. The summed E-state index contributed by atoms with van der Waals surface area (Å²) in [6.07, 6.45) is 9.59. The number of fused-ring (bicyclic) bond motifs is 4. The zero-order valence-electron chi connectivity index (χ0n) is 14.8. The molecule has 140 valence electrons. The van der Waals surface area contributed by atoms with Crippen molar-refractivity contribution in [2.75, 3.05) is 19.6 Å². The lowest BCUT2D eigenvalue weighted by atomic mass is 9.89. The number of amides is 1. The lowest BCUT2D eigenvalue weighted by Crippen LogP contribution is -2.45. The summed E-state index contributed by atoms with van der Waals surface area (Å²) in [6, 6.07) is 2.44. The number of nitrogens with zero attached hydrogens (tertiary/aromatic N) is 2. The molecule has 0 radical (unpaired) electrons. The van der Waals surface area contributed by atoms with E-state index in [1.54, 1.807) is 0 Å². The molecular weight excluding hydrogens is 345 g/mol. The fourth-order valence-corrected chi connectivity index (χ4v) is 5.53. The van der Waals surface area contributed by atoms with Crippen LogP contribution < -0.4 is 5.32 Å². The Balaban J connectivity index is 0.00000104. The van der Waals surface area contributed by atoms with E-state index in [4.69, 9.17) is 0 Å². The van der Waals surface area contributed by atoms with Crippen molar-refractivity contribution in [3.8, 4) is 0 Å². The second kappa shape index (κ2) is 8.57. The van der Waals surface area contributed by atoms with Crippen molar-refractivity contribution < 1.29 is 4.79 Å². The van der Waals surface area contributed by atoms with Gasteiger partial charge in [-0.3, -0.25) is 4.79 Å². The van der Waals surface area contributed by atoms with E-state index >= 15 is 0 Å². The number of hydrogen-bond donors (Lipinski definition) is 1. The third-order valence-corrected chi connectivity index (χ3v) is 6.64. The van der Waals surface area contributed by atoms with Gasteiger partial charge >= 0.3 is 0 Å². The number of rotatable bonds is 3. The summed E-state index contributed by atoms with van der Waals surface area (Å²) in [6.45, 7) is 5.66. The third-order valence-electron chi connectivity index (χ3n) is 6.64. The van der Waals surface area contributed by atoms with Gasteiger partial charge in [0.05, 0.1) is 0 Å². The zero-order chi connectivity index (χ0) is 15.1. The number of carbonyl (C=O) groups is 1. The Morgan fingerprint density at radius 3 is 2.33 bits per heavy atom. The van der Waals surface area contributed by atoms with Gasteiger partial charge in [0, 0.05) is 43.7 Å². The fraction of sp³-hybridized carbons (Fsp3) is 0.944. The Morgan fingerprint density at radius 2 is 1.67 bits per heavy atom. The van der Waals surface area contributed by atoms with E-state index in [1.807, 2.05) is 0 Å². The van der Waals surface area contributed by atoms with Crippen LogP contribution in [-0.2, 0) is 4.79 Å². The molecule has 4 heterocycles. The van der Waals surface area contributed by atoms with Gasteiger partial charge in [0.15, 0.2) is 0 Å². The Hall–Kier alpha value is -0.0300. The smallest absolute Gasteiger partial charge is 0.223 e. The van der Waals surface area contributed by atoms with Crippen LogP contribution in [0.1, 0.15) is 58.3 Å². The lowest BCUT2D eigenvalue weighted by molar-refractivity contribution is -0.135. The van der Waals surface area contributed by atoms with Crippen molar-refractivity contribution in [1.82, 2.24) is 15.1 Å². The first-order chi connectivity index (χ1) is 10.7. The predicted octanol–water partition coefficient (Wildman–Crippen LogP) is 2.84. The van der Waals surface area contributed by atoms with Crippen molar-refractivity contribution in [1.29, 1.82) is 0 Å². The maximum Gasteiger partial charge on any atom is 0.223 e. The van der Waals surface area contributed by atoms with Crippen LogP contribution in [0.15, 0.2) is 0 Å². The van der Waals surface area contributed by atoms with E-state index in [0.29, 0.717) is 36.0 Å². The summed E-state index contributed by atoms with van der Waals surface area (Å²) in [5.41, 5.74) is 0. The van der Waals surface area contributed by atoms with E-state index in [-0.39, 0.29) is 24.8 Å². The van der Waals surface area contributed by atoms with Gasteiger partial charge in [0.1, 0.15) is 0 Å². The highest BCUT2D eigenvalue weighted by molar-refractivity contribution is 5.85. The van der Waals surface area contributed by atoms with Crippen LogP contribution in [0.4, 0.5) is 0 Å². The van der Waals surface area contributed by atoms with Gasteiger partial charge in [0.25, 0.3) is 0 Å². The largest absolute Gasteiger partial charge is 0.335 e. The molecule has 0 saturated carbocycles.